The van der Waals surface area contributed by atoms with Crippen LogP contribution in [-0.4, -0.2) is 36.7 Å². The summed E-state index contributed by atoms with van der Waals surface area (Å²) in [6.07, 6.45) is 3.94. The van der Waals surface area contributed by atoms with E-state index in [1.54, 1.807) is 6.07 Å². The Morgan fingerprint density at radius 3 is 2.46 bits per heavy atom. The molecular formula is C18H25NO5. The van der Waals surface area contributed by atoms with Crippen molar-refractivity contribution in [1.29, 1.82) is 0 Å². The van der Waals surface area contributed by atoms with Gasteiger partial charge in [0.25, 0.3) is 5.91 Å². The van der Waals surface area contributed by atoms with Crippen molar-refractivity contribution in [2.24, 2.45) is 5.92 Å². The highest BCUT2D eigenvalue weighted by Gasteiger charge is 2.44. The van der Waals surface area contributed by atoms with Crippen molar-refractivity contribution in [1.82, 2.24) is 5.32 Å². The van der Waals surface area contributed by atoms with Gasteiger partial charge in [-0.15, -0.1) is 0 Å². The monoisotopic (exact) mass is 335 g/mol. The highest BCUT2D eigenvalue weighted by atomic mass is 16.5. The molecule has 0 aliphatic heterocycles. The molecule has 6 heteroatoms. The summed E-state index contributed by atoms with van der Waals surface area (Å²) in [5.74, 6) is -0.0780. The van der Waals surface area contributed by atoms with Gasteiger partial charge in [0.2, 0.25) is 0 Å². The maximum Gasteiger partial charge on any atom is 0.331 e. The van der Waals surface area contributed by atoms with Crippen LogP contribution < -0.4 is 10.1 Å². The molecule has 2 N–H and O–H groups in total. The highest BCUT2D eigenvalue weighted by Crippen LogP contribution is 2.35. The predicted octanol–water partition coefficient (Wildman–Crippen LogP) is 2.64. The molecule has 0 atom stereocenters. The smallest absolute Gasteiger partial charge is 0.331 e. The Kier molecular flexibility index (Phi) is 5.70. The third kappa shape index (κ3) is 3.63. The van der Waals surface area contributed by atoms with Gasteiger partial charge in [-0.2, -0.15) is 0 Å². The van der Waals surface area contributed by atoms with E-state index in [0.717, 1.165) is 19.3 Å². The summed E-state index contributed by atoms with van der Waals surface area (Å²) in [6.45, 7) is 2.13. The van der Waals surface area contributed by atoms with E-state index in [2.05, 4.69) is 12.2 Å². The summed E-state index contributed by atoms with van der Waals surface area (Å²) >= 11 is 0. The lowest BCUT2D eigenvalue weighted by atomic mass is 9.75. The molecule has 0 saturated heterocycles. The van der Waals surface area contributed by atoms with Crippen molar-refractivity contribution in [3.63, 3.8) is 0 Å². The van der Waals surface area contributed by atoms with Gasteiger partial charge in [0.1, 0.15) is 5.54 Å². The van der Waals surface area contributed by atoms with Crippen LogP contribution in [0.4, 0.5) is 0 Å². The molecule has 24 heavy (non-hydrogen) atoms. The van der Waals surface area contributed by atoms with Crippen molar-refractivity contribution in [3.05, 3.63) is 23.8 Å². The highest BCUT2D eigenvalue weighted by molar-refractivity contribution is 5.98. The van der Waals surface area contributed by atoms with E-state index in [1.165, 1.54) is 26.4 Å². The van der Waals surface area contributed by atoms with Gasteiger partial charge in [-0.05, 0) is 49.8 Å². The molecule has 1 aromatic rings. The molecule has 0 bridgehead atoms. The van der Waals surface area contributed by atoms with Crippen LogP contribution >= 0.6 is 0 Å². The molecule has 1 aliphatic rings. The first kappa shape index (κ1) is 18.1. The second-order valence-electron chi connectivity index (χ2n) is 6.27. The fourth-order valence-corrected chi connectivity index (χ4v) is 3.27. The molecule has 0 radical (unpaired) electrons. The molecule has 0 aromatic heterocycles. The topological polar surface area (TPSA) is 84.9 Å². The minimum Gasteiger partial charge on any atom is -0.504 e. The summed E-state index contributed by atoms with van der Waals surface area (Å²) in [5.41, 5.74) is -0.721. The third-order valence-corrected chi connectivity index (χ3v) is 4.91. The van der Waals surface area contributed by atoms with Crippen molar-refractivity contribution in [2.45, 2.75) is 44.6 Å². The van der Waals surface area contributed by atoms with Crippen molar-refractivity contribution < 1.29 is 24.2 Å². The number of benzene rings is 1. The van der Waals surface area contributed by atoms with Crippen molar-refractivity contribution >= 4 is 11.9 Å². The van der Waals surface area contributed by atoms with Gasteiger partial charge >= 0.3 is 5.97 Å². The van der Waals surface area contributed by atoms with E-state index in [1.807, 2.05) is 0 Å². The number of phenolic OH excluding ortho intramolecular Hbond substituents is 1. The number of esters is 1. The number of hydrogen-bond acceptors (Lipinski definition) is 5. The molecule has 1 fully saturated rings. The van der Waals surface area contributed by atoms with Crippen molar-refractivity contribution in [3.8, 4) is 11.5 Å². The van der Waals surface area contributed by atoms with Crippen LogP contribution in [0.2, 0.25) is 0 Å². The second kappa shape index (κ2) is 7.55. The number of amides is 1. The van der Waals surface area contributed by atoms with Crippen LogP contribution in [-0.2, 0) is 9.53 Å². The quantitative estimate of drug-likeness (QED) is 0.808. The van der Waals surface area contributed by atoms with Crippen LogP contribution in [0.1, 0.15) is 49.4 Å². The van der Waals surface area contributed by atoms with E-state index >= 15 is 0 Å². The molecular weight excluding hydrogens is 310 g/mol. The first-order chi connectivity index (χ1) is 11.5. The molecule has 1 saturated carbocycles. The molecule has 2 rings (SSSR count). The number of nitrogens with one attached hydrogen (secondary N) is 1. The summed E-state index contributed by atoms with van der Waals surface area (Å²) in [6, 6.07) is 4.40. The normalized spacial score (nSPS) is 23.4. The fraction of sp³-hybridized carbons (Fsp3) is 0.556. The molecule has 0 heterocycles. The average Bonchev–Trinajstić information content (AvgIpc) is 2.61. The summed E-state index contributed by atoms with van der Waals surface area (Å²) < 4.78 is 9.91. The number of phenols is 1. The zero-order valence-electron chi connectivity index (χ0n) is 14.4. The molecule has 6 nitrogen and oxygen atoms in total. The molecule has 132 valence electrons. The van der Waals surface area contributed by atoms with E-state index in [0.29, 0.717) is 18.8 Å². The van der Waals surface area contributed by atoms with Gasteiger partial charge in [-0.1, -0.05) is 13.3 Å². The van der Waals surface area contributed by atoms with Gasteiger partial charge in [-0.3, -0.25) is 4.79 Å². The fourth-order valence-electron chi connectivity index (χ4n) is 3.27. The lowest BCUT2D eigenvalue weighted by Crippen LogP contribution is -2.56. The Morgan fingerprint density at radius 1 is 1.29 bits per heavy atom. The molecule has 1 aromatic carbocycles. The summed E-state index contributed by atoms with van der Waals surface area (Å²) in [5, 5.41) is 12.7. The number of hydrogen-bond donors (Lipinski definition) is 2. The van der Waals surface area contributed by atoms with Crippen LogP contribution in [0.15, 0.2) is 18.2 Å². The predicted molar refractivity (Wildman–Crippen MR) is 89.1 cm³/mol. The number of carbonyl (C=O) groups is 2. The van der Waals surface area contributed by atoms with Crippen molar-refractivity contribution in [2.75, 3.05) is 14.2 Å². The second-order valence-corrected chi connectivity index (χ2v) is 6.27. The first-order valence-corrected chi connectivity index (χ1v) is 8.23. The third-order valence-electron chi connectivity index (χ3n) is 4.91. The number of aromatic hydroxyl groups is 1. The number of ether oxygens (including phenoxy) is 2. The Balaban J connectivity index is 2.19. The molecule has 0 spiro atoms. The zero-order valence-corrected chi connectivity index (χ0v) is 14.4. The summed E-state index contributed by atoms with van der Waals surface area (Å²) in [7, 11) is 2.77. The van der Waals surface area contributed by atoms with E-state index in [-0.39, 0.29) is 17.1 Å². The molecule has 0 unspecified atom stereocenters. The Bertz CT molecular complexity index is 605. The standard InChI is InChI=1S/C18H25NO5/c1-4-12-7-9-18(10-8-12,17(22)24-3)19-16(21)13-5-6-15(23-2)14(20)11-13/h5-6,11-12,20H,4,7-10H2,1-3H3,(H,19,21)/t12-,18-. The summed E-state index contributed by atoms with van der Waals surface area (Å²) in [4.78, 5) is 24.9. The minimum atomic E-state index is -0.993. The lowest BCUT2D eigenvalue weighted by Gasteiger charge is -2.38. The van der Waals surface area contributed by atoms with Crippen LogP contribution in [0.5, 0.6) is 11.5 Å². The largest absolute Gasteiger partial charge is 0.504 e. The van der Waals surface area contributed by atoms with E-state index in [9.17, 15) is 14.7 Å². The van der Waals surface area contributed by atoms with E-state index < -0.39 is 17.4 Å². The number of carbonyl (C=O) groups excluding carboxylic acids is 2. The van der Waals surface area contributed by atoms with Gasteiger partial charge in [-0.25, -0.2) is 4.79 Å². The van der Waals surface area contributed by atoms with E-state index in [4.69, 9.17) is 9.47 Å². The Morgan fingerprint density at radius 2 is 1.96 bits per heavy atom. The Labute approximate surface area is 142 Å². The number of methoxy groups -OCH3 is 2. The van der Waals surface area contributed by atoms with Crippen LogP contribution in [0, 0.1) is 5.92 Å². The maximum atomic E-state index is 12.6. The molecule has 1 amide bonds. The maximum absolute atomic E-state index is 12.6. The van der Waals surface area contributed by atoms with Gasteiger partial charge in [0, 0.05) is 5.56 Å². The lowest BCUT2D eigenvalue weighted by molar-refractivity contribution is -0.150. The zero-order chi connectivity index (χ0) is 17.7. The SMILES string of the molecule is CC[C@H]1CC[C@@](NC(=O)c2ccc(OC)c(O)c2)(C(=O)OC)CC1. The van der Waals surface area contributed by atoms with Gasteiger partial charge in [0.05, 0.1) is 14.2 Å². The van der Waals surface area contributed by atoms with Crippen LogP contribution in [0.25, 0.3) is 0 Å². The average molecular weight is 335 g/mol. The minimum absolute atomic E-state index is 0.119. The molecule has 1 aliphatic carbocycles. The van der Waals surface area contributed by atoms with Crippen LogP contribution in [0.3, 0.4) is 0 Å². The number of rotatable bonds is 5. The first-order valence-electron chi connectivity index (χ1n) is 8.23. The van der Waals surface area contributed by atoms with Gasteiger partial charge < -0.3 is 19.9 Å². The Hall–Kier alpha value is -2.24. The van der Waals surface area contributed by atoms with Gasteiger partial charge in [0.15, 0.2) is 11.5 Å².